The average Bonchev–Trinajstić information content (AvgIpc) is 2.28. The number of carbonyl (C=O) groups is 2. The molecule has 0 unspecified atom stereocenters. The molecule has 17 heavy (non-hydrogen) atoms. The minimum absolute atomic E-state index is 0.375. The van der Waals surface area contributed by atoms with Crippen LogP contribution >= 0.6 is 0 Å². The Hall–Kier alpha value is -1.84. The lowest BCUT2D eigenvalue weighted by Gasteiger charge is -2.20. The monoisotopic (exact) mass is 235 g/mol. The largest absolute Gasteiger partial charge is 0.480 e. The molecule has 4 nitrogen and oxygen atoms in total. The van der Waals surface area contributed by atoms with Crippen LogP contribution in [0.4, 0.5) is 0 Å². The van der Waals surface area contributed by atoms with Crippen LogP contribution in [0.15, 0.2) is 24.3 Å². The molecule has 0 heterocycles. The summed E-state index contributed by atoms with van der Waals surface area (Å²) in [6, 6.07) is 7.13. The molecule has 1 amide bonds. The topological polar surface area (TPSA) is 66.4 Å². The molecule has 0 saturated carbocycles. The zero-order valence-corrected chi connectivity index (χ0v) is 10.3. The second-order valence-electron chi connectivity index (χ2n) is 4.43. The normalized spacial score (nSPS) is 11.0. The van der Waals surface area contributed by atoms with Crippen LogP contribution in [0.1, 0.15) is 36.7 Å². The van der Waals surface area contributed by atoms with Crippen LogP contribution < -0.4 is 5.32 Å². The van der Waals surface area contributed by atoms with Gasteiger partial charge in [-0.1, -0.05) is 19.1 Å². The number of aliphatic carboxylic acids is 1. The van der Waals surface area contributed by atoms with E-state index in [1.54, 1.807) is 12.1 Å². The Morgan fingerprint density at radius 3 is 2.18 bits per heavy atom. The van der Waals surface area contributed by atoms with Crippen LogP contribution in [0, 0.1) is 0 Å². The fourth-order valence-corrected chi connectivity index (χ4v) is 1.30. The van der Waals surface area contributed by atoms with Crippen molar-refractivity contribution in [3.05, 3.63) is 35.4 Å². The van der Waals surface area contributed by atoms with Crippen LogP contribution in [-0.2, 0) is 11.2 Å². The third kappa shape index (κ3) is 3.31. The summed E-state index contributed by atoms with van der Waals surface area (Å²) in [4.78, 5) is 22.7. The van der Waals surface area contributed by atoms with Crippen molar-refractivity contribution < 1.29 is 14.7 Å². The van der Waals surface area contributed by atoms with Crippen molar-refractivity contribution in [2.75, 3.05) is 0 Å². The van der Waals surface area contributed by atoms with Crippen molar-refractivity contribution in [2.45, 2.75) is 32.7 Å². The van der Waals surface area contributed by atoms with E-state index >= 15 is 0 Å². The van der Waals surface area contributed by atoms with Gasteiger partial charge in [0, 0.05) is 5.56 Å². The number of hydrogen-bond acceptors (Lipinski definition) is 2. The highest BCUT2D eigenvalue weighted by Crippen LogP contribution is 2.08. The van der Waals surface area contributed by atoms with Gasteiger partial charge in [0.15, 0.2) is 0 Å². The van der Waals surface area contributed by atoms with Gasteiger partial charge in [0.05, 0.1) is 0 Å². The number of hydrogen-bond donors (Lipinski definition) is 2. The number of rotatable bonds is 4. The van der Waals surface area contributed by atoms with Gasteiger partial charge in [-0.3, -0.25) is 4.79 Å². The Labute approximate surface area is 101 Å². The number of carboxylic acid groups (broad SMARTS) is 1. The number of aryl methyl sites for hydroxylation is 1. The van der Waals surface area contributed by atoms with Gasteiger partial charge in [-0.15, -0.1) is 0 Å². The minimum Gasteiger partial charge on any atom is -0.480 e. The maximum Gasteiger partial charge on any atom is 0.328 e. The van der Waals surface area contributed by atoms with Crippen LogP contribution in [0.2, 0.25) is 0 Å². The molecule has 92 valence electrons. The van der Waals surface area contributed by atoms with Gasteiger partial charge in [0.2, 0.25) is 0 Å². The molecule has 1 aromatic rings. The van der Waals surface area contributed by atoms with E-state index in [2.05, 4.69) is 5.32 Å². The first kappa shape index (κ1) is 13.2. The molecule has 0 aliphatic carbocycles. The molecule has 0 atom stereocenters. The molecular weight excluding hydrogens is 218 g/mol. The highest BCUT2D eigenvalue weighted by molar-refractivity contribution is 5.97. The molecule has 0 fully saturated rings. The molecule has 2 N–H and O–H groups in total. The van der Waals surface area contributed by atoms with E-state index < -0.39 is 11.5 Å². The molecule has 0 spiro atoms. The highest BCUT2D eigenvalue weighted by Gasteiger charge is 2.29. The predicted octanol–water partition coefficient (Wildman–Crippen LogP) is 1.84. The van der Waals surface area contributed by atoms with Gasteiger partial charge >= 0.3 is 5.97 Å². The summed E-state index contributed by atoms with van der Waals surface area (Å²) in [6.45, 7) is 4.93. The lowest BCUT2D eigenvalue weighted by Crippen LogP contribution is -2.49. The molecule has 0 saturated heterocycles. The van der Waals surface area contributed by atoms with E-state index in [1.807, 2.05) is 19.1 Å². The fraction of sp³-hybridized carbons (Fsp3) is 0.385. The van der Waals surface area contributed by atoms with Gasteiger partial charge in [0.25, 0.3) is 5.91 Å². The molecule has 1 aromatic carbocycles. The van der Waals surface area contributed by atoms with Crippen LogP contribution in [0.25, 0.3) is 0 Å². The number of carbonyl (C=O) groups excluding carboxylic acids is 1. The number of carboxylic acids is 1. The van der Waals surface area contributed by atoms with Crippen molar-refractivity contribution in [2.24, 2.45) is 0 Å². The lowest BCUT2D eigenvalue weighted by atomic mass is 10.0. The zero-order chi connectivity index (χ0) is 13.1. The minimum atomic E-state index is -1.26. The summed E-state index contributed by atoms with van der Waals surface area (Å²) in [5.41, 5.74) is 0.344. The zero-order valence-electron chi connectivity index (χ0n) is 10.3. The smallest absolute Gasteiger partial charge is 0.328 e. The van der Waals surface area contributed by atoms with E-state index in [4.69, 9.17) is 5.11 Å². The van der Waals surface area contributed by atoms with Gasteiger partial charge in [-0.2, -0.15) is 0 Å². The predicted molar refractivity (Wildman–Crippen MR) is 65.0 cm³/mol. The summed E-state index contributed by atoms with van der Waals surface area (Å²) in [5.74, 6) is -1.43. The van der Waals surface area contributed by atoms with Crippen LogP contribution in [0.5, 0.6) is 0 Å². The average molecular weight is 235 g/mol. The van der Waals surface area contributed by atoms with Gasteiger partial charge in [0.1, 0.15) is 5.54 Å². The number of nitrogens with one attached hydrogen (secondary N) is 1. The maximum atomic E-state index is 11.8. The van der Waals surface area contributed by atoms with Crippen LogP contribution in [0.3, 0.4) is 0 Å². The quantitative estimate of drug-likeness (QED) is 0.836. The van der Waals surface area contributed by atoms with Crippen LogP contribution in [-0.4, -0.2) is 22.5 Å². The number of amides is 1. The van der Waals surface area contributed by atoms with Crippen molar-refractivity contribution in [3.8, 4) is 0 Å². The van der Waals surface area contributed by atoms with Gasteiger partial charge in [-0.05, 0) is 38.0 Å². The Kier molecular flexibility index (Phi) is 3.89. The van der Waals surface area contributed by atoms with Crippen molar-refractivity contribution >= 4 is 11.9 Å². The Morgan fingerprint density at radius 2 is 1.76 bits per heavy atom. The fourth-order valence-electron chi connectivity index (χ4n) is 1.30. The first-order valence-corrected chi connectivity index (χ1v) is 5.51. The summed E-state index contributed by atoms with van der Waals surface area (Å²) in [7, 11) is 0. The molecule has 4 heteroatoms. The van der Waals surface area contributed by atoms with E-state index in [0.29, 0.717) is 5.56 Å². The molecule has 1 rings (SSSR count). The Balaban J connectivity index is 2.80. The lowest BCUT2D eigenvalue weighted by molar-refractivity contribution is -0.143. The second kappa shape index (κ2) is 4.99. The first-order chi connectivity index (χ1) is 7.86. The van der Waals surface area contributed by atoms with E-state index in [-0.39, 0.29) is 5.91 Å². The summed E-state index contributed by atoms with van der Waals surface area (Å²) in [5, 5.41) is 11.4. The van der Waals surface area contributed by atoms with E-state index in [0.717, 1.165) is 12.0 Å². The molecule has 0 aliphatic heterocycles. The third-order valence-electron chi connectivity index (χ3n) is 2.59. The summed E-state index contributed by atoms with van der Waals surface area (Å²) in [6.07, 6.45) is 0.905. The molecule has 0 bridgehead atoms. The Morgan fingerprint density at radius 1 is 1.24 bits per heavy atom. The second-order valence-corrected chi connectivity index (χ2v) is 4.43. The summed E-state index contributed by atoms with van der Waals surface area (Å²) >= 11 is 0. The molecular formula is C13H17NO3. The summed E-state index contributed by atoms with van der Waals surface area (Å²) < 4.78 is 0. The van der Waals surface area contributed by atoms with Gasteiger partial charge < -0.3 is 10.4 Å². The molecule has 0 aromatic heterocycles. The Bertz CT molecular complexity index is 421. The maximum absolute atomic E-state index is 11.8. The van der Waals surface area contributed by atoms with Gasteiger partial charge in [-0.25, -0.2) is 4.79 Å². The van der Waals surface area contributed by atoms with E-state index in [1.165, 1.54) is 13.8 Å². The molecule has 0 radical (unpaired) electrons. The highest BCUT2D eigenvalue weighted by atomic mass is 16.4. The number of benzene rings is 1. The first-order valence-electron chi connectivity index (χ1n) is 5.51. The van der Waals surface area contributed by atoms with Crippen molar-refractivity contribution in [1.82, 2.24) is 5.32 Å². The van der Waals surface area contributed by atoms with Crippen molar-refractivity contribution in [3.63, 3.8) is 0 Å². The standard InChI is InChI=1S/C13H17NO3/c1-4-9-5-7-10(8-6-9)11(15)14-13(2,3)12(16)17/h5-8H,4H2,1-3H3,(H,14,15)(H,16,17). The third-order valence-corrected chi connectivity index (χ3v) is 2.59. The SMILES string of the molecule is CCc1ccc(C(=O)NC(C)(C)C(=O)O)cc1. The van der Waals surface area contributed by atoms with E-state index in [9.17, 15) is 9.59 Å². The van der Waals surface area contributed by atoms with Crippen molar-refractivity contribution in [1.29, 1.82) is 0 Å². The molecule has 0 aliphatic rings.